The highest BCUT2D eigenvalue weighted by molar-refractivity contribution is 8.15. The zero-order valence-corrected chi connectivity index (χ0v) is 18.7. The van der Waals surface area contributed by atoms with Crippen molar-refractivity contribution in [2.45, 2.75) is 4.90 Å². The predicted molar refractivity (Wildman–Crippen MR) is 125 cm³/mol. The molecular formula is C21H23N5O3S2. The number of hydrogen-bond acceptors (Lipinski definition) is 7. The third-order valence-corrected chi connectivity index (χ3v) is 8.04. The second kappa shape index (κ2) is 7.85. The highest BCUT2D eigenvalue weighted by Crippen LogP contribution is 2.42. The SMILES string of the molecule is CN1CCN(c2ccccc2NC(=O)c2ccc3c(c2)SC2=NS(=O)(=O)CCN23)CC1. The van der Waals surface area contributed by atoms with Crippen molar-refractivity contribution in [3.05, 3.63) is 48.0 Å². The van der Waals surface area contributed by atoms with E-state index in [0.29, 0.717) is 17.3 Å². The molecule has 10 heteroatoms. The van der Waals surface area contributed by atoms with Crippen molar-refractivity contribution < 1.29 is 13.2 Å². The van der Waals surface area contributed by atoms with Gasteiger partial charge >= 0.3 is 0 Å². The normalized spacial score (nSPS) is 20.1. The maximum absolute atomic E-state index is 13.0. The number of carbonyl (C=O) groups is 1. The summed E-state index contributed by atoms with van der Waals surface area (Å²) in [6, 6.07) is 13.3. The third kappa shape index (κ3) is 4.02. The molecule has 0 saturated carbocycles. The van der Waals surface area contributed by atoms with Gasteiger partial charge in [-0.25, -0.2) is 8.42 Å². The van der Waals surface area contributed by atoms with Crippen molar-refractivity contribution in [3.8, 4) is 0 Å². The quantitative estimate of drug-likeness (QED) is 0.757. The number of piperazine rings is 1. The number of nitrogens with one attached hydrogen (secondary N) is 1. The Morgan fingerprint density at radius 2 is 1.81 bits per heavy atom. The van der Waals surface area contributed by atoms with Crippen LogP contribution in [0.2, 0.25) is 0 Å². The molecule has 31 heavy (non-hydrogen) atoms. The summed E-state index contributed by atoms with van der Waals surface area (Å²) in [5, 5.41) is 3.52. The highest BCUT2D eigenvalue weighted by atomic mass is 32.2. The summed E-state index contributed by atoms with van der Waals surface area (Å²) in [6.07, 6.45) is 0. The lowest BCUT2D eigenvalue weighted by Crippen LogP contribution is -2.44. The number of fused-ring (bicyclic) bond motifs is 3. The van der Waals surface area contributed by atoms with Gasteiger partial charge < -0.3 is 20.0 Å². The molecule has 1 fully saturated rings. The second-order valence-corrected chi connectivity index (χ2v) is 10.6. The van der Waals surface area contributed by atoms with Crippen molar-refractivity contribution in [2.24, 2.45) is 4.40 Å². The molecule has 2 aromatic carbocycles. The van der Waals surface area contributed by atoms with E-state index < -0.39 is 10.0 Å². The van der Waals surface area contributed by atoms with E-state index in [0.717, 1.165) is 48.1 Å². The number of thioether (sulfide) groups is 1. The van der Waals surface area contributed by atoms with Gasteiger partial charge in [0.2, 0.25) is 0 Å². The molecule has 1 saturated heterocycles. The molecular weight excluding hydrogens is 434 g/mol. The summed E-state index contributed by atoms with van der Waals surface area (Å²) in [5.74, 6) is -0.189. The van der Waals surface area contributed by atoms with Crippen LogP contribution in [0.25, 0.3) is 0 Å². The number of amides is 1. The molecule has 0 aromatic heterocycles. The van der Waals surface area contributed by atoms with Gasteiger partial charge in [0.1, 0.15) is 0 Å². The Bertz CT molecular complexity index is 1170. The van der Waals surface area contributed by atoms with Crippen LogP contribution in [0.4, 0.5) is 17.1 Å². The molecule has 0 aliphatic carbocycles. The molecule has 3 aliphatic heterocycles. The Kier molecular flexibility index (Phi) is 5.15. The number of para-hydroxylation sites is 2. The highest BCUT2D eigenvalue weighted by Gasteiger charge is 2.33. The molecule has 0 atom stereocenters. The summed E-state index contributed by atoms with van der Waals surface area (Å²) in [5.41, 5.74) is 3.24. The van der Waals surface area contributed by atoms with Gasteiger partial charge in [-0.15, -0.1) is 4.40 Å². The molecule has 1 amide bonds. The lowest BCUT2D eigenvalue weighted by Gasteiger charge is -2.35. The van der Waals surface area contributed by atoms with E-state index in [4.69, 9.17) is 0 Å². The number of carbonyl (C=O) groups excluding carboxylic acids is 1. The average molecular weight is 458 g/mol. The van der Waals surface area contributed by atoms with Crippen LogP contribution in [-0.4, -0.2) is 69.9 Å². The first-order valence-electron chi connectivity index (χ1n) is 10.2. The number of hydrogen-bond donors (Lipinski definition) is 1. The molecule has 2 aromatic rings. The number of amidine groups is 1. The smallest absolute Gasteiger partial charge is 0.257 e. The summed E-state index contributed by atoms with van der Waals surface area (Å²) >= 11 is 1.29. The maximum atomic E-state index is 13.0. The second-order valence-electron chi connectivity index (χ2n) is 7.86. The minimum absolute atomic E-state index is 0.00180. The molecule has 0 spiro atoms. The Hall–Kier alpha value is -2.56. The average Bonchev–Trinajstić information content (AvgIpc) is 3.10. The van der Waals surface area contributed by atoms with Gasteiger partial charge in [-0.05, 0) is 49.1 Å². The molecule has 162 valence electrons. The Balaban J connectivity index is 1.37. The first-order chi connectivity index (χ1) is 14.9. The van der Waals surface area contributed by atoms with Crippen LogP contribution in [0.5, 0.6) is 0 Å². The van der Waals surface area contributed by atoms with Gasteiger partial charge in [0, 0.05) is 43.2 Å². The van der Waals surface area contributed by atoms with E-state index in [9.17, 15) is 13.2 Å². The van der Waals surface area contributed by atoms with E-state index in [1.165, 1.54) is 11.8 Å². The lowest BCUT2D eigenvalue weighted by molar-refractivity contribution is 0.102. The zero-order chi connectivity index (χ0) is 21.6. The molecule has 0 unspecified atom stereocenters. The van der Waals surface area contributed by atoms with Gasteiger partial charge in [-0.2, -0.15) is 0 Å². The van der Waals surface area contributed by atoms with E-state index in [1.807, 2.05) is 35.2 Å². The van der Waals surface area contributed by atoms with Gasteiger partial charge in [-0.3, -0.25) is 4.79 Å². The fourth-order valence-corrected chi connectivity index (χ4v) is 6.26. The molecule has 8 nitrogen and oxygen atoms in total. The van der Waals surface area contributed by atoms with Crippen molar-refractivity contribution in [3.63, 3.8) is 0 Å². The lowest BCUT2D eigenvalue weighted by atomic mass is 10.1. The van der Waals surface area contributed by atoms with Crippen molar-refractivity contribution in [2.75, 3.05) is 60.6 Å². The van der Waals surface area contributed by atoms with Crippen LogP contribution in [-0.2, 0) is 10.0 Å². The molecule has 0 radical (unpaired) electrons. The predicted octanol–water partition coefficient (Wildman–Crippen LogP) is 2.30. The van der Waals surface area contributed by atoms with E-state index in [1.54, 1.807) is 12.1 Å². The van der Waals surface area contributed by atoms with E-state index in [-0.39, 0.29) is 11.7 Å². The van der Waals surface area contributed by atoms with Crippen molar-refractivity contribution in [1.29, 1.82) is 0 Å². The topological polar surface area (TPSA) is 85.3 Å². The van der Waals surface area contributed by atoms with Gasteiger partial charge in [0.15, 0.2) is 5.17 Å². The fourth-order valence-electron chi connectivity index (χ4n) is 3.97. The number of likely N-dealkylation sites (N-methyl/N-ethyl adjacent to an activating group) is 1. The third-order valence-electron chi connectivity index (χ3n) is 5.73. The zero-order valence-electron chi connectivity index (χ0n) is 17.1. The van der Waals surface area contributed by atoms with Crippen LogP contribution in [0.3, 0.4) is 0 Å². The molecule has 3 heterocycles. The Morgan fingerprint density at radius 1 is 1.03 bits per heavy atom. The summed E-state index contributed by atoms with van der Waals surface area (Å²) in [6.45, 7) is 4.19. The number of benzene rings is 2. The minimum atomic E-state index is -3.40. The molecule has 1 N–H and O–H groups in total. The number of nitrogens with zero attached hydrogens (tertiary/aromatic N) is 4. The first-order valence-corrected chi connectivity index (χ1v) is 12.6. The van der Waals surface area contributed by atoms with Crippen molar-refractivity contribution >= 4 is 49.9 Å². The largest absolute Gasteiger partial charge is 0.367 e. The first kappa shape index (κ1) is 20.3. The standard InChI is InChI=1S/C21H23N5O3S2/c1-24-8-10-25(11-9-24)17-5-3-2-4-16(17)22-20(27)15-6-7-18-19(14-15)30-21-23-31(28,29)13-12-26(18)21/h2-7,14H,8-13H2,1H3,(H,22,27). The number of anilines is 3. The molecule has 3 aliphatic rings. The van der Waals surface area contributed by atoms with Gasteiger partial charge in [0.05, 0.1) is 22.8 Å². The number of rotatable bonds is 3. The molecule has 0 bridgehead atoms. The minimum Gasteiger partial charge on any atom is -0.367 e. The summed E-state index contributed by atoms with van der Waals surface area (Å²) in [7, 11) is -1.29. The van der Waals surface area contributed by atoms with Gasteiger partial charge in [-0.1, -0.05) is 12.1 Å². The van der Waals surface area contributed by atoms with Crippen LogP contribution in [0.15, 0.2) is 51.8 Å². The fraction of sp³-hybridized carbons (Fsp3) is 0.333. The van der Waals surface area contributed by atoms with Crippen LogP contribution in [0.1, 0.15) is 10.4 Å². The Labute approximate surface area is 186 Å². The van der Waals surface area contributed by atoms with Crippen LogP contribution >= 0.6 is 11.8 Å². The molecule has 5 rings (SSSR count). The van der Waals surface area contributed by atoms with Crippen molar-refractivity contribution in [1.82, 2.24) is 4.90 Å². The maximum Gasteiger partial charge on any atom is 0.257 e. The van der Waals surface area contributed by atoms with E-state index in [2.05, 4.69) is 26.6 Å². The summed E-state index contributed by atoms with van der Waals surface area (Å²) in [4.78, 5) is 20.4. The van der Waals surface area contributed by atoms with Gasteiger partial charge in [0.25, 0.3) is 15.9 Å². The van der Waals surface area contributed by atoms with E-state index >= 15 is 0 Å². The summed E-state index contributed by atoms with van der Waals surface area (Å²) < 4.78 is 27.5. The number of sulfonamides is 1. The monoisotopic (exact) mass is 457 g/mol. The van der Waals surface area contributed by atoms with Crippen LogP contribution in [0, 0.1) is 0 Å². The Morgan fingerprint density at radius 3 is 2.61 bits per heavy atom. The van der Waals surface area contributed by atoms with Crippen LogP contribution < -0.4 is 15.1 Å².